The summed E-state index contributed by atoms with van der Waals surface area (Å²) in [6.07, 6.45) is -1.48. The van der Waals surface area contributed by atoms with Crippen molar-refractivity contribution in [2.24, 2.45) is 0 Å². The van der Waals surface area contributed by atoms with Gasteiger partial charge in [-0.2, -0.15) is 4.48 Å². The average Bonchev–Trinajstić information content (AvgIpc) is 2.57. The lowest BCUT2D eigenvalue weighted by Crippen LogP contribution is -2.62. The summed E-state index contributed by atoms with van der Waals surface area (Å²) in [5.74, 6) is -0.560. The highest BCUT2D eigenvalue weighted by molar-refractivity contribution is 6.52. The van der Waals surface area contributed by atoms with Gasteiger partial charge in [0, 0.05) is 24.3 Å². The first kappa shape index (κ1) is 18.2. The van der Waals surface area contributed by atoms with Crippen LogP contribution in [0.2, 0.25) is 0 Å². The number of nitrogens with zero attached hydrogens (tertiary/aromatic N) is 1. The first-order valence-corrected chi connectivity index (χ1v) is 8.29. The Morgan fingerprint density at radius 2 is 1.43 bits per heavy atom. The molecule has 0 aromatic heterocycles. The van der Waals surface area contributed by atoms with E-state index in [0.717, 1.165) is 0 Å². The van der Waals surface area contributed by atoms with Crippen LogP contribution < -0.4 is 4.48 Å². The van der Waals surface area contributed by atoms with E-state index in [1.54, 1.807) is 48.5 Å². The number of para-hydroxylation sites is 2. The molecule has 0 aliphatic rings. The zero-order valence-corrected chi connectivity index (χ0v) is 14.8. The number of aliphatic hydroxyl groups excluding tert-OH is 1. The first-order valence-electron chi connectivity index (χ1n) is 7.00. The van der Waals surface area contributed by atoms with Gasteiger partial charge in [-0.3, -0.25) is 0 Å². The molecule has 0 heterocycles. The molecule has 122 valence electrons. The zero-order valence-electron chi connectivity index (χ0n) is 12.5. The molecule has 2 aromatic carbocycles. The number of halogens is 3. The van der Waals surface area contributed by atoms with Gasteiger partial charge in [-0.1, -0.05) is 59.6 Å². The molecule has 3 nitrogen and oxygen atoms in total. The molecule has 6 heteroatoms. The van der Waals surface area contributed by atoms with E-state index in [4.69, 9.17) is 34.8 Å². The number of carbonyl (C=O) groups is 1. The van der Waals surface area contributed by atoms with Crippen LogP contribution >= 0.6 is 34.8 Å². The Morgan fingerprint density at radius 1 is 1.04 bits per heavy atom. The maximum atomic E-state index is 12.7. The van der Waals surface area contributed by atoms with E-state index in [1.807, 2.05) is 12.1 Å². The van der Waals surface area contributed by atoms with Gasteiger partial charge in [-0.25, -0.2) is 4.79 Å². The van der Waals surface area contributed by atoms with Gasteiger partial charge in [0.1, 0.15) is 11.4 Å². The summed E-state index contributed by atoms with van der Waals surface area (Å²) < 4.78 is -2.25. The van der Waals surface area contributed by atoms with Crippen LogP contribution in [0.25, 0.3) is 0 Å². The van der Waals surface area contributed by atoms with Crippen LogP contribution in [0.5, 0.6) is 0 Å². The highest BCUT2D eigenvalue weighted by Gasteiger charge is 2.55. The fourth-order valence-corrected chi connectivity index (χ4v) is 3.08. The van der Waals surface area contributed by atoms with Gasteiger partial charge >= 0.3 is 5.91 Å². The molecular weight excluding hydrogens is 357 g/mol. The lowest BCUT2D eigenvalue weighted by molar-refractivity contribution is -0.132. The number of amides is 1. The minimum atomic E-state index is -1.71. The third kappa shape index (κ3) is 3.25. The van der Waals surface area contributed by atoms with Gasteiger partial charge in [0.2, 0.25) is 10.6 Å². The number of alkyl halides is 3. The Morgan fingerprint density at radius 3 is 1.74 bits per heavy atom. The Bertz CT molecular complexity index is 623. The molecule has 1 amide bonds. The largest absolute Gasteiger partial charge is 0.341 e. The number of hydrogen-bond acceptors (Lipinski definition) is 2. The third-order valence-electron chi connectivity index (χ3n) is 3.75. The molecule has 1 unspecified atom stereocenters. The summed E-state index contributed by atoms with van der Waals surface area (Å²) in [7, 11) is 0. The van der Waals surface area contributed by atoms with Crippen molar-refractivity contribution in [1.82, 2.24) is 4.48 Å². The molecule has 2 aromatic rings. The molecule has 0 fully saturated rings. The van der Waals surface area contributed by atoms with Gasteiger partial charge in [-0.15, -0.1) is 11.6 Å². The predicted molar refractivity (Wildman–Crippen MR) is 96.2 cm³/mol. The normalized spacial score (nSPS) is 13.6. The van der Waals surface area contributed by atoms with Crippen molar-refractivity contribution in [1.29, 1.82) is 0 Å². The van der Waals surface area contributed by atoms with Gasteiger partial charge in [0.05, 0.1) is 12.8 Å². The second-order valence-electron chi connectivity index (χ2n) is 5.18. The second-order valence-corrected chi connectivity index (χ2v) is 6.99. The number of quaternary nitrogens is 1. The number of carbonyl (C=O) groups excluding carboxylic acids is 1. The maximum absolute atomic E-state index is 12.7. The topological polar surface area (TPSA) is 37.3 Å². The molecule has 1 N–H and O–H groups in total. The van der Waals surface area contributed by atoms with Crippen LogP contribution in [0.3, 0.4) is 0 Å². The van der Waals surface area contributed by atoms with E-state index in [0.29, 0.717) is 11.4 Å². The smallest absolute Gasteiger partial charge is 0.322 e. The molecule has 0 aliphatic carbocycles. The van der Waals surface area contributed by atoms with E-state index in [-0.39, 0.29) is 11.8 Å². The SMILES string of the molecule is CC(=O)[N+](c1ccccc1)(c1ccccc1)C(O)C(Cl)(Cl)CCl. The van der Waals surface area contributed by atoms with Crippen molar-refractivity contribution in [3.8, 4) is 0 Å². The quantitative estimate of drug-likeness (QED) is 0.472. The van der Waals surface area contributed by atoms with Crippen LogP contribution in [-0.2, 0) is 4.79 Å². The van der Waals surface area contributed by atoms with E-state index >= 15 is 0 Å². The van der Waals surface area contributed by atoms with Crippen molar-refractivity contribution in [2.75, 3.05) is 5.88 Å². The molecule has 0 saturated carbocycles. The molecule has 0 bridgehead atoms. The predicted octanol–water partition coefficient (Wildman–Crippen LogP) is 4.60. The molecule has 0 radical (unpaired) electrons. The third-order valence-corrected chi connectivity index (χ3v) is 5.10. The Kier molecular flexibility index (Phi) is 5.71. The number of benzene rings is 2. The Hall–Kier alpha value is -1.10. The van der Waals surface area contributed by atoms with Crippen molar-refractivity contribution in [2.45, 2.75) is 17.5 Å². The summed E-state index contributed by atoms with van der Waals surface area (Å²) in [4.78, 5) is 12.7. The van der Waals surface area contributed by atoms with E-state index in [2.05, 4.69) is 0 Å². The summed E-state index contributed by atoms with van der Waals surface area (Å²) in [6, 6.07) is 17.8. The molecule has 1 atom stereocenters. The number of aliphatic hydroxyl groups is 1. The first-order chi connectivity index (χ1) is 10.9. The highest BCUT2D eigenvalue weighted by Crippen LogP contribution is 2.43. The highest BCUT2D eigenvalue weighted by atomic mass is 35.5. The molecular formula is C17H17Cl3NO2+. The second kappa shape index (κ2) is 7.20. The molecule has 23 heavy (non-hydrogen) atoms. The van der Waals surface area contributed by atoms with Crippen LogP contribution in [0.1, 0.15) is 6.92 Å². The zero-order chi connectivity index (χ0) is 17.1. The fourth-order valence-electron chi connectivity index (χ4n) is 2.65. The van der Waals surface area contributed by atoms with Crippen LogP contribution in [0.15, 0.2) is 60.7 Å². The molecule has 0 aliphatic heterocycles. The van der Waals surface area contributed by atoms with Crippen LogP contribution in [0, 0.1) is 0 Å². The number of rotatable bonds is 5. The summed E-state index contributed by atoms with van der Waals surface area (Å²) in [6.45, 7) is 1.39. The van der Waals surface area contributed by atoms with Crippen molar-refractivity contribution in [3.05, 3.63) is 60.7 Å². The van der Waals surface area contributed by atoms with E-state index in [1.165, 1.54) is 6.92 Å². The number of hydrogen-bond donors (Lipinski definition) is 1. The van der Waals surface area contributed by atoms with Gasteiger partial charge in [0.25, 0.3) is 0 Å². The summed E-state index contributed by atoms with van der Waals surface area (Å²) in [5, 5.41) is 11.0. The minimum Gasteiger partial charge on any atom is -0.341 e. The Labute approximate surface area is 150 Å². The van der Waals surface area contributed by atoms with Crippen molar-refractivity contribution < 1.29 is 9.90 Å². The fraction of sp³-hybridized carbons (Fsp3) is 0.235. The monoisotopic (exact) mass is 372 g/mol. The average molecular weight is 374 g/mol. The van der Waals surface area contributed by atoms with Crippen molar-refractivity contribution in [3.63, 3.8) is 0 Å². The molecule has 0 saturated heterocycles. The lowest BCUT2D eigenvalue weighted by Gasteiger charge is -2.41. The summed E-state index contributed by atoms with van der Waals surface area (Å²) in [5.41, 5.74) is 1.10. The maximum Gasteiger partial charge on any atom is 0.322 e. The van der Waals surface area contributed by atoms with Crippen LogP contribution in [0.4, 0.5) is 11.4 Å². The standard InChI is InChI=1S/C17H17Cl3NO2/c1-13(22)21(14-8-4-2-5-9-14,15-10-6-3-7-11-15)16(23)17(19,20)12-18/h2-11,16,23H,12H2,1H3/q+1. The summed E-state index contributed by atoms with van der Waals surface area (Å²) >= 11 is 18.3. The lowest BCUT2D eigenvalue weighted by atomic mass is 10.1. The van der Waals surface area contributed by atoms with Gasteiger partial charge < -0.3 is 5.11 Å². The van der Waals surface area contributed by atoms with Gasteiger partial charge in [-0.05, 0) is 0 Å². The molecule has 2 rings (SSSR count). The van der Waals surface area contributed by atoms with E-state index in [9.17, 15) is 9.90 Å². The minimum absolute atomic E-state index is 0.232. The Balaban J connectivity index is 2.80. The van der Waals surface area contributed by atoms with Gasteiger partial charge in [0.15, 0.2) is 0 Å². The molecule has 0 spiro atoms. The van der Waals surface area contributed by atoms with E-state index < -0.39 is 15.0 Å². The van der Waals surface area contributed by atoms with Crippen LogP contribution in [-0.4, -0.2) is 27.5 Å². The van der Waals surface area contributed by atoms with Crippen molar-refractivity contribution >= 4 is 52.1 Å².